The van der Waals surface area contributed by atoms with Gasteiger partial charge >= 0.3 is 0 Å². The van der Waals surface area contributed by atoms with Crippen LogP contribution in [0, 0.1) is 17.5 Å². The highest BCUT2D eigenvalue weighted by molar-refractivity contribution is 9.10. The monoisotopic (exact) mass is 349 g/mol. The van der Waals surface area contributed by atoms with Gasteiger partial charge in [0.05, 0.1) is 0 Å². The predicted molar refractivity (Wildman–Crippen MR) is 72.8 cm³/mol. The van der Waals surface area contributed by atoms with Crippen LogP contribution in [0.1, 0.15) is 5.56 Å². The second-order valence-corrected chi connectivity index (χ2v) is 5.16. The summed E-state index contributed by atoms with van der Waals surface area (Å²) in [5.74, 6) is -2.92. The highest BCUT2D eigenvalue weighted by Crippen LogP contribution is 2.24. The molecule has 0 radical (unpaired) electrons. The molecule has 0 heterocycles. The smallest absolute Gasteiger partial charge is 0.152 e. The van der Waals surface area contributed by atoms with Gasteiger partial charge in [0.1, 0.15) is 11.5 Å². The second kappa shape index (κ2) is 5.84. The fourth-order valence-electron chi connectivity index (χ4n) is 1.57. The van der Waals surface area contributed by atoms with Crippen LogP contribution in [0.5, 0.6) is 0 Å². The zero-order chi connectivity index (χ0) is 14.0. The summed E-state index contributed by atoms with van der Waals surface area (Å²) in [6.45, 7) is 0.123. The van der Waals surface area contributed by atoms with E-state index in [9.17, 15) is 13.2 Å². The van der Waals surface area contributed by atoms with Crippen molar-refractivity contribution >= 4 is 33.2 Å². The molecule has 0 amide bonds. The van der Waals surface area contributed by atoms with Crippen molar-refractivity contribution in [3.05, 3.63) is 62.8 Å². The van der Waals surface area contributed by atoms with Crippen molar-refractivity contribution in [3.63, 3.8) is 0 Å². The number of nitrogens with one attached hydrogen (secondary N) is 1. The lowest BCUT2D eigenvalue weighted by molar-refractivity contribution is 0.547. The molecule has 0 aliphatic carbocycles. The van der Waals surface area contributed by atoms with Gasteiger partial charge in [-0.15, -0.1) is 0 Å². The fourth-order valence-corrected chi connectivity index (χ4v) is 2.17. The highest BCUT2D eigenvalue weighted by Gasteiger charge is 2.11. The molecule has 2 aromatic rings. The Morgan fingerprint density at radius 2 is 1.68 bits per heavy atom. The van der Waals surface area contributed by atoms with Gasteiger partial charge in [-0.05, 0) is 23.8 Å². The molecule has 0 atom stereocenters. The molecule has 100 valence electrons. The third-order valence-electron chi connectivity index (χ3n) is 2.47. The molecule has 1 N–H and O–H groups in total. The van der Waals surface area contributed by atoms with Crippen LogP contribution in [-0.2, 0) is 6.54 Å². The van der Waals surface area contributed by atoms with Crippen molar-refractivity contribution in [1.29, 1.82) is 0 Å². The minimum atomic E-state index is -0.983. The molecule has 0 saturated carbocycles. The first-order chi connectivity index (χ1) is 8.97. The van der Waals surface area contributed by atoms with Crippen molar-refractivity contribution in [3.8, 4) is 0 Å². The predicted octanol–water partition coefficient (Wildman–Crippen LogP) is 5.13. The normalized spacial score (nSPS) is 10.6. The number of hydrogen-bond acceptors (Lipinski definition) is 1. The van der Waals surface area contributed by atoms with Gasteiger partial charge in [0.15, 0.2) is 11.6 Å². The number of hydrogen-bond donors (Lipinski definition) is 1. The van der Waals surface area contributed by atoms with Gasteiger partial charge in [-0.3, -0.25) is 0 Å². The highest BCUT2D eigenvalue weighted by atomic mass is 79.9. The van der Waals surface area contributed by atoms with Crippen molar-refractivity contribution in [2.24, 2.45) is 0 Å². The maximum atomic E-state index is 13.4. The summed E-state index contributed by atoms with van der Waals surface area (Å²) in [5, 5.41) is 3.04. The molecule has 0 bridgehead atoms. The van der Waals surface area contributed by atoms with Gasteiger partial charge in [-0.2, -0.15) is 0 Å². The number of halogens is 5. The van der Waals surface area contributed by atoms with E-state index in [4.69, 9.17) is 11.6 Å². The van der Waals surface area contributed by atoms with E-state index in [2.05, 4.69) is 21.2 Å². The first kappa shape index (κ1) is 14.2. The van der Waals surface area contributed by atoms with Gasteiger partial charge in [0, 0.05) is 28.2 Å². The lowest BCUT2D eigenvalue weighted by Crippen LogP contribution is -2.05. The Bertz CT molecular complexity index is 596. The minimum Gasteiger partial charge on any atom is -0.376 e. The summed E-state index contributed by atoms with van der Waals surface area (Å²) < 4.78 is 40.4. The molecule has 2 aromatic carbocycles. The number of anilines is 1. The van der Waals surface area contributed by atoms with E-state index >= 15 is 0 Å². The molecule has 0 aliphatic rings. The van der Waals surface area contributed by atoms with E-state index < -0.39 is 17.5 Å². The quantitative estimate of drug-likeness (QED) is 0.809. The molecule has 0 saturated heterocycles. The SMILES string of the molecule is Fc1cc(F)c(NCc2cc(Br)ccc2Cl)c(F)c1. The maximum absolute atomic E-state index is 13.4. The zero-order valence-corrected chi connectivity index (χ0v) is 11.8. The Morgan fingerprint density at radius 3 is 2.32 bits per heavy atom. The van der Waals surface area contributed by atoms with Crippen molar-refractivity contribution in [1.82, 2.24) is 0 Å². The molecule has 2 rings (SSSR count). The van der Waals surface area contributed by atoms with Crippen molar-refractivity contribution in [2.75, 3.05) is 5.32 Å². The Morgan fingerprint density at radius 1 is 1.05 bits per heavy atom. The summed E-state index contributed by atoms with van der Waals surface area (Å²) in [4.78, 5) is 0. The molecule has 0 unspecified atom stereocenters. The van der Waals surface area contributed by atoms with Crippen LogP contribution in [-0.4, -0.2) is 0 Å². The van der Waals surface area contributed by atoms with Crippen LogP contribution in [0.2, 0.25) is 5.02 Å². The summed E-state index contributed by atoms with van der Waals surface area (Å²) >= 11 is 9.24. The molecule has 0 spiro atoms. The Balaban J connectivity index is 2.21. The lowest BCUT2D eigenvalue weighted by atomic mass is 10.2. The zero-order valence-electron chi connectivity index (χ0n) is 9.48. The third kappa shape index (κ3) is 3.42. The van der Waals surface area contributed by atoms with Crippen LogP contribution < -0.4 is 5.32 Å². The molecular formula is C13H8BrClF3N. The average molecular weight is 351 g/mol. The molecule has 0 aliphatic heterocycles. The summed E-state index contributed by atoms with van der Waals surface area (Å²) in [5.41, 5.74) is 0.289. The van der Waals surface area contributed by atoms with Crippen LogP contribution in [0.4, 0.5) is 18.9 Å². The van der Waals surface area contributed by atoms with Gasteiger partial charge in [-0.25, -0.2) is 13.2 Å². The molecule has 19 heavy (non-hydrogen) atoms. The van der Waals surface area contributed by atoms with E-state index in [-0.39, 0.29) is 12.2 Å². The van der Waals surface area contributed by atoms with E-state index in [0.29, 0.717) is 22.7 Å². The van der Waals surface area contributed by atoms with Crippen LogP contribution in [0.15, 0.2) is 34.8 Å². The van der Waals surface area contributed by atoms with E-state index in [0.717, 1.165) is 4.47 Å². The Labute approximate surface area is 121 Å². The van der Waals surface area contributed by atoms with E-state index in [1.165, 1.54) is 0 Å². The molecular weight excluding hydrogens is 343 g/mol. The summed E-state index contributed by atoms with van der Waals surface area (Å²) in [6.07, 6.45) is 0. The van der Waals surface area contributed by atoms with Crippen LogP contribution in [0.3, 0.4) is 0 Å². The average Bonchev–Trinajstić information content (AvgIpc) is 2.32. The lowest BCUT2D eigenvalue weighted by Gasteiger charge is -2.10. The number of benzene rings is 2. The Hall–Kier alpha value is -1.20. The molecule has 0 fully saturated rings. The second-order valence-electron chi connectivity index (χ2n) is 3.83. The van der Waals surface area contributed by atoms with Crippen molar-refractivity contribution < 1.29 is 13.2 Å². The minimum absolute atomic E-state index is 0.123. The van der Waals surface area contributed by atoms with Gasteiger partial charge in [0.25, 0.3) is 0 Å². The third-order valence-corrected chi connectivity index (χ3v) is 3.33. The van der Waals surface area contributed by atoms with Crippen molar-refractivity contribution in [2.45, 2.75) is 6.54 Å². The first-order valence-corrected chi connectivity index (χ1v) is 6.47. The van der Waals surface area contributed by atoms with E-state index in [1.807, 2.05) is 0 Å². The first-order valence-electron chi connectivity index (χ1n) is 5.29. The van der Waals surface area contributed by atoms with Gasteiger partial charge < -0.3 is 5.32 Å². The number of rotatable bonds is 3. The summed E-state index contributed by atoms with van der Waals surface area (Å²) in [7, 11) is 0. The summed E-state index contributed by atoms with van der Waals surface area (Å²) in [6, 6.07) is 6.39. The van der Waals surface area contributed by atoms with Gasteiger partial charge in [-0.1, -0.05) is 27.5 Å². The Kier molecular flexibility index (Phi) is 4.37. The molecule has 1 nitrogen and oxygen atoms in total. The molecule has 0 aromatic heterocycles. The topological polar surface area (TPSA) is 12.0 Å². The standard InChI is InChI=1S/C13H8BrClF3N/c14-8-1-2-10(15)7(3-8)6-19-13-11(17)4-9(16)5-12(13)18/h1-5,19H,6H2. The largest absolute Gasteiger partial charge is 0.376 e. The van der Waals surface area contributed by atoms with Gasteiger partial charge in [0.2, 0.25) is 0 Å². The fraction of sp³-hybridized carbons (Fsp3) is 0.0769. The maximum Gasteiger partial charge on any atom is 0.152 e. The molecule has 6 heteroatoms. The van der Waals surface area contributed by atoms with E-state index in [1.54, 1.807) is 18.2 Å². The van der Waals surface area contributed by atoms with Crippen LogP contribution in [0.25, 0.3) is 0 Å². The van der Waals surface area contributed by atoms with Crippen LogP contribution >= 0.6 is 27.5 Å².